The van der Waals surface area contributed by atoms with Crippen LogP contribution in [0.2, 0.25) is 0 Å². The minimum atomic E-state index is -4.22. The first-order valence-electron chi connectivity index (χ1n) is 7.18. The van der Waals surface area contributed by atoms with E-state index in [4.69, 9.17) is 12.2 Å². The zero-order valence-corrected chi connectivity index (χ0v) is 12.5. The second kappa shape index (κ2) is 5.53. The number of para-hydroxylation sites is 1. The van der Waals surface area contributed by atoms with Crippen LogP contribution in [0.3, 0.4) is 0 Å². The monoisotopic (exact) mass is 328 g/mol. The number of aromatic amines is 1. The molecular formula is C15H15F3N2OS. The third-order valence-corrected chi connectivity index (χ3v) is 4.61. The molecule has 2 aromatic rings. The number of benzene rings is 1. The van der Waals surface area contributed by atoms with Crippen LogP contribution in [0.25, 0.3) is 10.9 Å². The highest BCUT2D eigenvalue weighted by atomic mass is 32.1. The minimum absolute atomic E-state index is 0.0841. The van der Waals surface area contributed by atoms with Gasteiger partial charge in [-0.15, -0.1) is 0 Å². The van der Waals surface area contributed by atoms with Gasteiger partial charge in [-0.25, -0.2) is 0 Å². The zero-order valence-electron chi connectivity index (χ0n) is 11.7. The van der Waals surface area contributed by atoms with Gasteiger partial charge >= 0.3 is 6.18 Å². The topological polar surface area (TPSA) is 37.8 Å². The molecule has 1 heterocycles. The van der Waals surface area contributed by atoms with Crippen LogP contribution in [-0.4, -0.2) is 15.7 Å². The molecule has 0 saturated heterocycles. The molecule has 0 spiro atoms. The molecule has 1 aromatic carbocycles. The molecule has 0 aliphatic heterocycles. The third kappa shape index (κ3) is 2.69. The molecule has 2 atom stereocenters. The summed E-state index contributed by atoms with van der Waals surface area (Å²) in [6, 6.07) is 6.39. The fourth-order valence-electron chi connectivity index (χ4n) is 3.20. The highest BCUT2D eigenvalue weighted by Crippen LogP contribution is 2.41. The van der Waals surface area contributed by atoms with Gasteiger partial charge in [0.15, 0.2) is 4.77 Å². The number of fused-ring (bicyclic) bond motifs is 1. The Morgan fingerprint density at radius 1 is 1.23 bits per heavy atom. The van der Waals surface area contributed by atoms with Crippen LogP contribution in [0.4, 0.5) is 13.2 Å². The molecule has 1 fully saturated rings. The molecule has 3 rings (SSSR count). The standard InChI is InChI=1S/C15H15F3N2OS/c16-15(17,18)9-4-3-5-10(8-9)20-13(21)11-6-1-2-7-12(11)19-14(20)22/h1-2,6-7,9-10H,3-5,8H2,(H,19,22)/t9-,10-/m1/s1. The van der Waals surface area contributed by atoms with Crippen molar-refractivity contribution in [1.82, 2.24) is 9.55 Å². The van der Waals surface area contributed by atoms with Crippen LogP contribution in [0, 0.1) is 10.7 Å². The molecule has 0 unspecified atom stereocenters. The summed E-state index contributed by atoms with van der Waals surface area (Å²) in [5, 5.41) is 0.449. The maximum atomic E-state index is 13.0. The van der Waals surface area contributed by atoms with Crippen molar-refractivity contribution in [2.45, 2.75) is 37.9 Å². The van der Waals surface area contributed by atoms with Crippen molar-refractivity contribution in [3.63, 3.8) is 0 Å². The number of halogens is 3. The first-order chi connectivity index (χ1) is 10.4. The van der Waals surface area contributed by atoms with E-state index in [9.17, 15) is 18.0 Å². The van der Waals surface area contributed by atoms with Crippen LogP contribution in [-0.2, 0) is 0 Å². The van der Waals surface area contributed by atoms with E-state index >= 15 is 0 Å². The lowest BCUT2D eigenvalue weighted by molar-refractivity contribution is -0.185. The van der Waals surface area contributed by atoms with Crippen molar-refractivity contribution in [2.75, 3.05) is 0 Å². The maximum Gasteiger partial charge on any atom is 0.391 e. The van der Waals surface area contributed by atoms with Gasteiger partial charge in [-0.2, -0.15) is 13.2 Å². The molecule has 0 amide bonds. The second-order valence-corrected chi connectivity index (χ2v) is 6.10. The average Bonchev–Trinajstić information content (AvgIpc) is 2.47. The number of nitrogens with zero attached hydrogens (tertiary/aromatic N) is 1. The summed E-state index contributed by atoms with van der Waals surface area (Å²) in [5.41, 5.74) is 0.295. The van der Waals surface area contributed by atoms with E-state index in [1.54, 1.807) is 24.3 Å². The van der Waals surface area contributed by atoms with Crippen molar-refractivity contribution in [3.8, 4) is 0 Å². The molecule has 0 bridgehead atoms. The van der Waals surface area contributed by atoms with Gasteiger partial charge in [-0.1, -0.05) is 18.6 Å². The highest BCUT2D eigenvalue weighted by molar-refractivity contribution is 7.71. The Bertz CT molecular complexity index is 809. The van der Waals surface area contributed by atoms with Gasteiger partial charge in [0.05, 0.1) is 16.8 Å². The molecule has 1 N–H and O–H groups in total. The lowest BCUT2D eigenvalue weighted by atomic mass is 9.85. The van der Waals surface area contributed by atoms with Crippen molar-refractivity contribution in [1.29, 1.82) is 0 Å². The van der Waals surface area contributed by atoms with Crippen molar-refractivity contribution in [2.24, 2.45) is 5.92 Å². The molecule has 118 valence electrons. The van der Waals surface area contributed by atoms with E-state index in [0.717, 1.165) is 0 Å². The van der Waals surface area contributed by atoms with E-state index in [2.05, 4.69) is 4.98 Å². The van der Waals surface area contributed by atoms with Gasteiger partial charge in [-0.3, -0.25) is 9.36 Å². The predicted octanol–water partition coefficient (Wildman–Crippen LogP) is 4.35. The largest absolute Gasteiger partial charge is 0.391 e. The number of aromatic nitrogens is 2. The number of rotatable bonds is 1. The number of hydrogen-bond donors (Lipinski definition) is 1. The van der Waals surface area contributed by atoms with Crippen LogP contribution in [0.5, 0.6) is 0 Å². The van der Waals surface area contributed by atoms with E-state index < -0.39 is 18.1 Å². The fourth-order valence-corrected chi connectivity index (χ4v) is 3.55. The Balaban J connectivity index is 2.07. The smallest absolute Gasteiger partial charge is 0.332 e. The van der Waals surface area contributed by atoms with Gasteiger partial charge in [0.2, 0.25) is 0 Å². The number of alkyl halides is 3. The van der Waals surface area contributed by atoms with Crippen molar-refractivity contribution in [3.05, 3.63) is 39.4 Å². The van der Waals surface area contributed by atoms with Crippen molar-refractivity contribution >= 4 is 23.1 Å². The Labute approximate surface area is 129 Å². The summed E-state index contributed by atoms with van der Waals surface area (Å²) < 4.78 is 40.4. The summed E-state index contributed by atoms with van der Waals surface area (Å²) in [6.07, 6.45) is -3.19. The van der Waals surface area contributed by atoms with Crippen LogP contribution in [0.15, 0.2) is 29.1 Å². The van der Waals surface area contributed by atoms with E-state index in [-0.39, 0.29) is 23.2 Å². The zero-order chi connectivity index (χ0) is 15.9. The molecule has 1 aromatic heterocycles. The molecule has 0 radical (unpaired) electrons. The Kier molecular flexibility index (Phi) is 3.84. The number of hydrogen-bond acceptors (Lipinski definition) is 2. The van der Waals surface area contributed by atoms with Crippen LogP contribution < -0.4 is 5.56 Å². The van der Waals surface area contributed by atoms with Gasteiger partial charge in [0.25, 0.3) is 5.56 Å². The molecule has 3 nitrogen and oxygen atoms in total. The van der Waals surface area contributed by atoms with Gasteiger partial charge in [0.1, 0.15) is 0 Å². The Morgan fingerprint density at radius 3 is 2.68 bits per heavy atom. The average molecular weight is 328 g/mol. The molecule has 1 aliphatic carbocycles. The second-order valence-electron chi connectivity index (χ2n) is 5.71. The lowest BCUT2D eigenvalue weighted by Gasteiger charge is -2.31. The minimum Gasteiger partial charge on any atom is -0.332 e. The summed E-state index contributed by atoms with van der Waals surface area (Å²) >= 11 is 5.21. The van der Waals surface area contributed by atoms with E-state index in [0.29, 0.717) is 23.7 Å². The Morgan fingerprint density at radius 2 is 1.95 bits per heavy atom. The predicted molar refractivity (Wildman–Crippen MR) is 80.4 cm³/mol. The summed E-state index contributed by atoms with van der Waals surface area (Å²) in [6.45, 7) is 0. The molecule has 1 saturated carbocycles. The van der Waals surface area contributed by atoms with E-state index in [1.165, 1.54) is 4.57 Å². The summed E-state index contributed by atoms with van der Waals surface area (Å²) in [5.74, 6) is -1.36. The SMILES string of the molecule is O=c1c2ccccc2[nH]c(=S)n1[C@@H]1CCC[C@@H](C(F)(F)F)C1. The molecular weight excluding hydrogens is 313 g/mol. The number of H-pyrrole nitrogens is 1. The van der Waals surface area contributed by atoms with E-state index in [1.807, 2.05) is 0 Å². The lowest BCUT2D eigenvalue weighted by Crippen LogP contribution is -2.34. The van der Waals surface area contributed by atoms with Gasteiger partial charge in [0, 0.05) is 6.04 Å². The van der Waals surface area contributed by atoms with Crippen LogP contribution >= 0.6 is 12.2 Å². The highest BCUT2D eigenvalue weighted by Gasteiger charge is 2.42. The van der Waals surface area contributed by atoms with Gasteiger partial charge in [-0.05, 0) is 43.6 Å². The maximum absolute atomic E-state index is 13.0. The van der Waals surface area contributed by atoms with Gasteiger partial charge < -0.3 is 4.98 Å². The molecule has 22 heavy (non-hydrogen) atoms. The Hall–Kier alpha value is -1.63. The number of nitrogens with one attached hydrogen (secondary N) is 1. The fraction of sp³-hybridized carbons (Fsp3) is 0.467. The first kappa shape index (κ1) is 15.3. The third-order valence-electron chi connectivity index (χ3n) is 4.31. The molecule has 1 aliphatic rings. The summed E-state index contributed by atoms with van der Waals surface area (Å²) in [4.78, 5) is 15.5. The molecule has 7 heteroatoms. The summed E-state index contributed by atoms with van der Waals surface area (Å²) in [7, 11) is 0. The quantitative estimate of drug-likeness (QED) is 0.790. The normalized spacial score (nSPS) is 22.9. The van der Waals surface area contributed by atoms with Crippen molar-refractivity contribution < 1.29 is 13.2 Å². The van der Waals surface area contributed by atoms with Crippen LogP contribution in [0.1, 0.15) is 31.7 Å². The first-order valence-corrected chi connectivity index (χ1v) is 7.59.